The minimum atomic E-state index is -4.63. The highest BCUT2D eigenvalue weighted by atomic mass is 19.4. The fourth-order valence-corrected chi connectivity index (χ4v) is 1.85. The van der Waals surface area contributed by atoms with Gasteiger partial charge in [0.05, 0.1) is 23.6 Å². The predicted molar refractivity (Wildman–Crippen MR) is 62.2 cm³/mol. The lowest BCUT2D eigenvalue weighted by atomic mass is 10.1. The second-order valence-corrected chi connectivity index (χ2v) is 4.17. The Morgan fingerprint density at radius 2 is 2.15 bits per heavy atom. The molecule has 2 rings (SSSR count). The van der Waals surface area contributed by atoms with E-state index in [2.05, 4.69) is 0 Å². The van der Waals surface area contributed by atoms with Crippen LogP contribution in [0.15, 0.2) is 18.2 Å². The van der Waals surface area contributed by atoms with Crippen molar-refractivity contribution in [2.45, 2.75) is 12.7 Å². The number of nitro benzene ring substituents is 1. The average molecular weight is 289 g/mol. The Morgan fingerprint density at radius 3 is 2.65 bits per heavy atom. The van der Waals surface area contributed by atoms with Crippen LogP contribution in [-0.4, -0.2) is 29.0 Å². The number of hydrogen-bond acceptors (Lipinski definition) is 4. The summed E-state index contributed by atoms with van der Waals surface area (Å²) in [6.07, 6.45) is -4.63. The van der Waals surface area contributed by atoms with Crippen molar-refractivity contribution >= 4 is 11.7 Å². The molecule has 1 aromatic carbocycles. The molecule has 108 valence electrons. The Hall–Kier alpha value is -2.32. The molecule has 0 amide bonds. The third-order valence-corrected chi connectivity index (χ3v) is 2.86. The Bertz CT molecular complexity index is 560. The minimum absolute atomic E-state index is 0.0344. The maximum atomic E-state index is 12.5. The normalized spacial score (nSPS) is 15.3. The van der Waals surface area contributed by atoms with Gasteiger partial charge in [0.2, 0.25) is 0 Å². The first-order valence-corrected chi connectivity index (χ1v) is 5.60. The van der Waals surface area contributed by atoms with Crippen LogP contribution in [0.25, 0.3) is 0 Å². The fourth-order valence-electron chi connectivity index (χ4n) is 1.85. The first kappa shape index (κ1) is 14.1. The molecule has 0 atom stereocenters. The lowest BCUT2D eigenvalue weighted by molar-refractivity contribution is -0.385. The molecule has 1 aliphatic rings. The number of benzene rings is 1. The second kappa shape index (κ2) is 4.99. The SMILES string of the molecule is N=C1OCCN1Cc1ccc(C(F)(F)F)cc1[N+](=O)[O-]. The van der Waals surface area contributed by atoms with Crippen molar-refractivity contribution in [3.8, 4) is 0 Å². The molecule has 0 unspecified atom stereocenters. The highest BCUT2D eigenvalue weighted by Gasteiger charge is 2.33. The summed E-state index contributed by atoms with van der Waals surface area (Å²) in [4.78, 5) is 11.4. The van der Waals surface area contributed by atoms with Crippen molar-refractivity contribution in [2.75, 3.05) is 13.2 Å². The quantitative estimate of drug-likeness (QED) is 0.684. The summed E-state index contributed by atoms with van der Waals surface area (Å²) >= 11 is 0. The minimum Gasteiger partial charge on any atom is -0.463 e. The molecule has 0 bridgehead atoms. The van der Waals surface area contributed by atoms with E-state index in [-0.39, 0.29) is 24.7 Å². The molecule has 9 heteroatoms. The number of ether oxygens (including phenoxy) is 1. The van der Waals surface area contributed by atoms with Crippen molar-refractivity contribution in [1.29, 1.82) is 5.41 Å². The number of nitro groups is 1. The molecule has 1 aliphatic heterocycles. The molecule has 0 saturated carbocycles. The molecule has 0 radical (unpaired) electrons. The highest BCUT2D eigenvalue weighted by Crippen LogP contribution is 2.33. The summed E-state index contributed by atoms with van der Waals surface area (Å²) in [5.41, 5.74) is -1.57. The molecule has 1 saturated heterocycles. The monoisotopic (exact) mass is 289 g/mol. The summed E-state index contributed by atoms with van der Waals surface area (Å²) in [5, 5.41) is 18.3. The maximum Gasteiger partial charge on any atom is 0.416 e. The smallest absolute Gasteiger partial charge is 0.416 e. The Kier molecular flexibility index (Phi) is 3.51. The third kappa shape index (κ3) is 2.81. The first-order valence-electron chi connectivity index (χ1n) is 5.60. The number of alkyl halides is 3. The molecule has 0 aromatic heterocycles. The molecule has 0 aliphatic carbocycles. The highest BCUT2D eigenvalue weighted by molar-refractivity contribution is 5.72. The van der Waals surface area contributed by atoms with E-state index in [9.17, 15) is 23.3 Å². The number of amidine groups is 1. The van der Waals surface area contributed by atoms with Crippen LogP contribution in [0.2, 0.25) is 0 Å². The van der Waals surface area contributed by atoms with Gasteiger partial charge in [-0.15, -0.1) is 0 Å². The largest absolute Gasteiger partial charge is 0.463 e. The summed E-state index contributed by atoms with van der Waals surface area (Å²) in [7, 11) is 0. The van der Waals surface area contributed by atoms with Gasteiger partial charge in [-0.25, -0.2) is 0 Å². The molecule has 0 spiro atoms. The van der Waals surface area contributed by atoms with Gasteiger partial charge >= 0.3 is 6.18 Å². The fraction of sp³-hybridized carbons (Fsp3) is 0.364. The number of rotatable bonds is 3. The zero-order valence-corrected chi connectivity index (χ0v) is 10.1. The predicted octanol–water partition coefficient (Wildman–Crippen LogP) is 2.38. The molecular formula is C11H10F3N3O3. The summed E-state index contributed by atoms with van der Waals surface area (Å²) in [5.74, 6) is 0. The number of nitrogens with zero attached hydrogens (tertiary/aromatic N) is 2. The van der Waals surface area contributed by atoms with Gasteiger partial charge in [-0.2, -0.15) is 13.2 Å². The zero-order chi connectivity index (χ0) is 14.9. The van der Waals surface area contributed by atoms with Crippen molar-refractivity contribution in [2.24, 2.45) is 0 Å². The molecule has 1 heterocycles. The van der Waals surface area contributed by atoms with Crippen LogP contribution in [0.5, 0.6) is 0 Å². The van der Waals surface area contributed by atoms with Gasteiger partial charge in [0, 0.05) is 11.6 Å². The van der Waals surface area contributed by atoms with Crippen LogP contribution >= 0.6 is 0 Å². The Morgan fingerprint density at radius 1 is 1.45 bits per heavy atom. The van der Waals surface area contributed by atoms with Gasteiger partial charge in [0.15, 0.2) is 0 Å². The lowest BCUT2D eigenvalue weighted by Gasteiger charge is -2.15. The van der Waals surface area contributed by atoms with E-state index in [1.165, 1.54) is 4.90 Å². The first-order chi connectivity index (χ1) is 9.29. The maximum absolute atomic E-state index is 12.5. The van der Waals surface area contributed by atoms with Crippen molar-refractivity contribution in [3.63, 3.8) is 0 Å². The topological polar surface area (TPSA) is 79.5 Å². The van der Waals surface area contributed by atoms with Gasteiger partial charge in [0.25, 0.3) is 11.7 Å². The molecule has 1 N–H and O–H groups in total. The molecular weight excluding hydrogens is 279 g/mol. The van der Waals surface area contributed by atoms with Gasteiger partial charge in [0.1, 0.15) is 6.61 Å². The van der Waals surface area contributed by atoms with Crippen LogP contribution in [-0.2, 0) is 17.5 Å². The zero-order valence-electron chi connectivity index (χ0n) is 10.1. The van der Waals surface area contributed by atoms with Gasteiger partial charge in [-0.1, -0.05) is 0 Å². The van der Waals surface area contributed by atoms with E-state index in [4.69, 9.17) is 10.1 Å². The summed E-state index contributed by atoms with van der Waals surface area (Å²) < 4.78 is 42.5. The van der Waals surface area contributed by atoms with Crippen LogP contribution in [0.1, 0.15) is 11.1 Å². The van der Waals surface area contributed by atoms with E-state index in [0.717, 1.165) is 12.1 Å². The standard InChI is InChI=1S/C11H10F3N3O3/c12-11(13,14)8-2-1-7(9(5-8)17(18)19)6-16-3-4-20-10(16)15/h1-2,5,15H,3-4,6H2. The average Bonchev–Trinajstić information content (AvgIpc) is 2.74. The van der Waals surface area contributed by atoms with E-state index < -0.39 is 22.4 Å². The van der Waals surface area contributed by atoms with E-state index in [0.29, 0.717) is 12.6 Å². The third-order valence-electron chi connectivity index (χ3n) is 2.86. The van der Waals surface area contributed by atoms with E-state index in [1.54, 1.807) is 0 Å². The van der Waals surface area contributed by atoms with Gasteiger partial charge in [-0.05, 0) is 12.1 Å². The van der Waals surface area contributed by atoms with Crippen LogP contribution in [0.3, 0.4) is 0 Å². The summed E-state index contributed by atoms with van der Waals surface area (Å²) in [6.45, 7) is 0.623. The lowest BCUT2D eigenvalue weighted by Crippen LogP contribution is -2.24. The Labute approximate surface area is 111 Å². The van der Waals surface area contributed by atoms with E-state index in [1.807, 2.05) is 0 Å². The van der Waals surface area contributed by atoms with Crippen molar-refractivity contribution in [1.82, 2.24) is 4.90 Å². The second-order valence-electron chi connectivity index (χ2n) is 4.17. The van der Waals surface area contributed by atoms with Crippen molar-refractivity contribution in [3.05, 3.63) is 39.4 Å². The number of nitrogens with one attached hydrogen (secondary N) is 1. The molecule has 1 fully saturated rings. The van der Waals surface area contributed by atoms with Crippen molar-refractivity contribution < 1.29 is 22.8 Å². The molecule has 20 heavy (non-hydrogen) atoms. The van der Waals surface area contributed by atoms with Crippen LogP contribution in [0.4, 0.5) is 18.9 Å². The summed E-state index contributed by atoms with van der Waals surface area (Å²) in [6, 6.07) is 2.23. The van der Waals surface area contributed by atoms with Crippen LogP contribution in [0, 0.1) is 15.5 Å². The van der Waals surface area contributed by atoms with E-state index >= 15 is 0 Å². The van der Waals surface area contributed by atoms with Gasteiger partial charge in [-0.3, -0.25) is 15.5 Å². The molecule has 1 aromatic rings. The van der Waals surface area contributed by atoms with Crippen LogP contribution < -0.4 is 0 Å². The molecule has 6 nitrogen and oxygen atoms in total. The number of halogens is 3. The van der Waals surface area contributed by atoms with Gasteiger partial charge < -0.3 is 9.64 Å². The Balaban J connectivity index is 2.33. The number of hydrogen-bond donors (Lipinski definition) is 1.